The third-order valence-corrected chi connectivity index (χ3v) is 5.52. The molecule has 0 atom stereocenters. The molecule has 0 amide bonds. The molecule has 0 spiro atoms. The molecule has 0 saturated heterocycles. The van der Waals surface area contributed by atoms with Crippen molar-refractivity contribution in [2.45, 2.75) is 57.8 Å². The standard InChI is InChI=1S/C22H25F3/c1-2-3-4-15-5-7-16(8-6-15)17-9-11-18(12-10-17)19-13-21(24)22(25)14-20(19)23/h9-16H,2-8H2,1H3. The van der Waals surface area contributed by atoms with Crippen molar-refractivity contribution in [3.63, 3.8) is 0 Å². The molecule has 0 unspecified atom stereocenters. The van der Waals surface area contributed by atoms with E-state index in [1.54, 1.807) is 0 Å². The molecule has 1 saturated carbocycles. The molecule has 0 N–H and O–H groups in total. The van der Waals surface area contributed by atoms with Gasteiger partial charge in [0.05, 0.1) is 0 Å². The van der Waals surface area contributed by atoms with Crippen molar-refractivity contribution in [2.24, 2.45) is 5.92 Å². The summed E-state index contributed by atoms with van der Waals surface area (Å²) in [7, 11) is 0. The van der Waals surface area contributed by atoms with Crippen LogP contribution in [-0.2, 0) is 0 Å². The van der Waals surface area contributed by atoms with Crippen molar-refractivity contribution in [2.75, 3.05) is 0 Å². The fourth-order valence-electron chi connectivity index (χ4n) is 3.96. The fourth-order valence-corrected chi connectivity index (χ4v) is 3.96. The zero-order chi connectivity index (χ0) is 17.8. The van der Waals surface area contributed by atoms with Crippen LogP contribution in [0.5, 0.6) is 0 Å². The Morgan fingerprint density at radius 1 is 0.840 bits per heavy atom. The minimum Gasteiger partial charge on any atom is -0.206 e. The van der Waals surface area contributed by atoms with Crippen molar-refractivity contribution in [1.29, 1.82) is 0 Å². The molecular weight excluding hydrogens is 321 g/mol. The Bertz CT molecular complexity index is 698. The van der Waals surface area contributed by atoms with Crippen LogP contribution in [0, 0.1) is 23.4 Å². The van der Waals surface area contributed by atoms with Gasteiger partial charge in [0.1, 0.15) is 5.82 Å². The second-order valence-corrected chi connectivity index (χ2v) is 7.23. The molecule has 134 valence electrons. The Morgan fingerprint density at radius 3 is 2.12 bits per heavy atom. The average molecular weight is 346 g/mol. The van der Waals surface area contributed by atoms with Crippen LogP contribution in [0.1, 0.15) is 63.4 Å². The van der Waals surface area contributed by atoms with E-state index in [-0.39, 0.29) is 5.56 Å². The van der Waals surface area contributed by atoms with E-state index >= 15 is 0 Å². The Hall–Kier alpha value is -1.77. The Morgan fingerprint density at radius 2 is 1.48 bits per heavy atom. The van der Waals surface area contributed by atoms with E-state index in [9.17, 15) is 13.2 Å². The summed E-state index contributed by atoms with van der Waals surface area (Å²) < 4.78 is 40.4. The summed E-state index contributed by atoms with van der Waals surface area (Å²) in [6, 6.07) is 9.18. The third-order valence-electron chi connectivity index (χ3n) is 5.52. The van der Waals surface area contributed by atoms with E-state index in [1.807, 2.05) is 24.3 Å². The first-order valence-corrected chi connectivity index (χ1v) is 9.33. The van der Waals surface area contributed by atoms with Gasteiger partial charge in [-0.15, -0.1) is 0 Å². The lowest BCUT2D eigenvalue weighted by Crippen LogP contribution is -2.13. The number of hydrogen-bond donors (Lipinski definition) is 0. The van der Waals surface area contributed by atoms with Crippen LogP contribution in [0.25, 0.3) is 11.1 Å². The zero-order valence-corrected chi connectivity index (χ0v) is 14.7. The highest BCUT2D eigenvalue weighted by atomic mass is 19.2. The molecule has 2 aromatic carbocycles. The maximum absolute atomic E-state index is 13.9. The lowest BCUT2D eigenvalue weighted by atomic mass is 9.77. The van der Waals surface area contributed by atoms with Gasteiger partial charge in [-0.05, 0) is 54.7 Å². The molecule has 0 heterocycles. The van der Waals surface area contributed by atoms with E-state index in [0.717, 1.165) is 12.0 Å². The molecule has 1 aliphatic rings. The van der Waals surface area contributed by atoms with E-state index in [2.05, 4.69) is 6.92 Å². The molecule has 0 nitrogen and oxygen atoms in total. The monoisotopic (exact) mass is 346 g/mol. The quantitative estimate of drug-likeness (QED) is 0.501. The molecule has 0 aromatic heterocycles. The highest BCUT2D eigenvalue weighted by molar-refractivity contribution is 5.64. The Kier molecular flexibility index (Phi) is 5.82. The van der Waals surface area contributed by atoms with E-state index in [0.29, 0.717) is 17.5 Å². The van der Waals surface area contributed by atoms with Gasteiger partial charge in [0.25, 0.3) is 0 Å². The Labute approximate surface area is 148 Å². The molecule has 1 aliphatic carbocycles. The third kappa shape index (κ3) is 4.26. The molecule has 0 bridgehead atoms. The van der Waals surface area contributed by atoms with Crippen LogP contribution in [-0.4, -0.2) is 0 Å². The van der Waals surface area contributed by atoms with Gasteiger partial charge >= 0.3 is 0 Å². The number of rotatable bonds is 5. The summed E-state index contributed by atoms with van der Waals surface area (Å²) in [5.41, 5.74) is 1.95. The van der Waals surface area contributed by atoms with Gasteiger partial charge < -0.3 is 0 Å². The molecule has 3 heteroatoms. The summed E-state index contributed by atoms with van der Waals surface area (Å²) in [6.45, 7) is 2.24. The van der Waals surface area contributed by atoms with E-state index in [1.165, 1.54) is 50.5 Å². The first-order chi connectivity index (χ1) is 12.1. The topological polar surface area (TPSA) is 0 Å². The lowest BCUT2D eigenvalue weighted by Gasteiger charge is -2.29. The first-order valence-electron chi connectivity index (χ1n) is 9.33. The van der Waals surface area contributed by atoms with E-state index in [4.69, 9.17) is 0 Å². The van der Waals surface area contributed by atoms with Gasteiger partial charge in [0.15, 0.2) is 11.6 Å². The van der Waals surface area contributed by atoms with Gasteiger partial charge in [0, 0.05) is 11.6 Å². The smallest absolute Gasteiger partial charge is 0.161 e. The summed E-state index contributed by atoms with van der Waals surface area (Å²) >= 11 is 0. The summed E-state index contributed by atoms with van der Waals surface area (Å²) in [5, 5.41) is 0. The van der Waals surface area contributed by atoms with Crippen molar-refractivity contribution in [1.82, 2.24) is 0 Å². The highest BCUT2D eigenvalue weighted by Gasteiger charge is 2.22. The van der Waals surface area contributed by atoms with Crippen LogP contribution in [0.2, 0.25) is 0 Å². The maximum atomic E-state index is 13.9. The minimum atomic E-state index is -1.15. The SMILES string of the molecule is CCCCC1CCC(c2ccc(-c3cc(F)c(F)cc3F)cc2)CC1. The molecule has 1 fully saturated rings. The highest BCUT2D eigenvalue weighted by Crippen LogP contribution is 2.38. The second kappa shape index (κ2) is 8.07. The number of halogens is 3. The Balaban J connectivity index is 1.68. The lowest BCUT2D eigenvalue weighted by molar-refractivity contribution is 0.304. The summed E-state index contributed by atoms with van der Waals surface area (Å²) in [5.74, 6) is -1.49. The summed E-state index contributed by atoms with van der Waals surface area (Å²) in [6.07, 6.45) is 8.90. The molecule has 25 heavy (non-hydrogen) atoms. The molecule has 0 aliphatic heterocycles. The maximum Gasteiger partial charge on any atom is 0.161 e. The fraction of sp³-hybridized carbons (Fsp3) is 0.455. The van der Waals surface area contributed by atoms with Gasteiger partial charge in [-0.3, -0.25) is 0 Å². The van der Waals surface area contributed by atoms with Gasteiger partial charge in [-0.1, -0.05) is 50.5 Å². The van der Waals surface area contributed by atoms with Gasteiger partial charge in [-0.2, -0.15) is 0 Å². The van der Waals surface area contributed by atoms with Crippen molar-refractivity contribution in [3.05, 3.63) is 59.4 Å². The van der Waals surface area contributed by atoms with Crippen LogP contribution < -0.4 is 0 Å². The van der Waals surface area contributed by atoms with Crippen molar-refractivity contribution in [3.8, 4) is 11.1 Å². The predicted molar refractivity (Wildman–Crippen MR) is 96.0 cm³/mol. The molecular formula is C22H25F3. The number of benzene rings is 2. The second-order valence-electron chi connectivity index (χ2n) is 7.23. The molecule has 2 aromatic rings. The van der Waals surface area contributed by atoms with Crippen LogP contribution >= 0.6 is 0 Å². The van der Waals surface area contributed by atoms with Crippen molar-refractivity contribution >= 4 is 0 Å². The largest absolute Gasteiger partial charge is 0.206 e. The van der Waals surface area contributed by atoms with Crippen LogP contribution in [0.3, 0.4) is 0 Å². The molecule has 0 radical (unpaired) electrons. The van der Waals surface area contributed by atoms with E-state index < -0.39 is 17.5 Å². The van der Waals surface area contributed by atoms with Crippen LogP contribution in [0.4, 0.5) is 13.2 Å². The predicted octanol–water partition coefficient (Wildman–Crippen LogP) is 7.23. The van der Waals surface area contributed by atoms with Crippen LogP contribution in [0.15, 0.2) is 36.4 Å². The normalized spacial score (nSPS) is 20.6. The van der Waals surface area contributed by atoms with Crippen molar-refractivity contribution < 1.29 is 13.2 Å². The minimum absolute atomic E-state index is 0.105. The number of unbranched alkanes of at least 4 members (excludes halogenated alkanes) is 1. The zero-order valence-electron chi connectivity index (χ0n) is 14.7. The first kappa shape index (κ1) is 18.0. The van der Waals surface area contributed by atoms with Gasteiger partial charge in [-0.25, -0.2) is 13.2 Å². The summed E-state index contributed by atoms with van der Waals surface area (Å²) in [4.78, 5) is 0. The average Bonchev–Trinajstić information content (AvgIpc) is 2.64. The molecule has 3 rings (SSSR count). The number of hydrogen-bond acceptors (Lipinski definition) is 0. The van der Waals surface area contributed by atoms with Gasteiger partial charge in [0.2, 0.25) is 0 Å².